The Bertz CT molecular complexity index is 193. The van der Waals surface area contributed by atoms with Gasteiger partial charge in [-0.3, -0.25) is 4.79 Å². The normalized spacial score (nSPS) is 28.1. The molecule has 0 bridgehead atoms. The summed E-state index contributed by atoms with van der Waals surface area (Å²) in [5, 5.41) is 3.27. The van der Waals surface area contributed by atoms with Gasteiger partial charge in [0.15, 0.2) is 0 Å². The van der Waals surface area contributed by atoms with Crippen LogP contribution in [0.1, 0.15) is 32.1 Å². The Labute approximate surface area is 85.2 Å². The number of ether oxygens (including phenoxy) is 1. The lowest BCUT2D eigenvalue weighted by molar-refractivity contribution is -0.149. The van der Waals surface area contributed by atoms with E-state index in [-0.39, 0.29) is 11.9 Å². The van der Waals surface area contributed by atoms with Gasteiger partial charge in [0.1, 0.15) is 0 Å². The Morgan fingerprint density at radius 3 is 2.71 bits per heavy atom. The van der Waals surface area contributed by atoms with Crippen molar-refractivity contribution in [3.63, 3.8) is 0 Å². The highest BCUT2D eigenvalue weighted by Gasteiger charge is 2.25. The van der Waals surface area contributed by atoms with Gasteiger partial charge < -0.3 is 10.1 Å². The van der Waals surface area contributed by atoms with Gasteiger partial charge in [-0.15, -0.1) is 0 Å². The monoisotopic (exact) mass is 197 g/mol. The summed E-state index contributed by atoms with van der Waals surface area (Å²) in [7, 11) is 0. The van der Waals surface area contributed by atoms with Crippen molar-refractivity contribution in [1.82, 2.24) is 5.32 Å². The molecule has 1 aliphatic heterocycles. The summed E-state index contributed by atoms with van der Waals surface area (Å²) in [6.45, 7) is 2.71. The molecule has 0 spiro atoms. The highest BCUT2D eigenvalue weighted by Crippen LogP contribution is 2.26. The van der Waals surface area contributed by atoms with Gasteiger partial charge in [0.2, 0.25) is 0 Å². The molecule has 1 saturated heterocycles. The van der Waals surface area contributed by atoms with Gasteiger partial charge in [-0.2, -0.15) is 0 Å². The molecule has 1 N–H and O–H groups in total. The van der Waals surface area contributed by atoms with Crippen LogP contribution in [0.4, 0.5) is 0 Å². The van der Waals surface area contributed by atoms with Crippen LogP contribution in [-0.4, -0.2) is 25.7 Å². The van der Waals surface area contributed by atoms with Crippen molar-refractivity contribution in [2.75, 3.05) is 19.7 Å². The van der Waals surface area contributed by atoms with Crippen molar-refractivity contribution in [2.45, 2.75) is 32.1 Å². The van der Waals surface area contributed by atoms with Crippen LogP contribution in [0.25, 0.3) is 0 Å². The Morgan fingerprint density at radius 1 is 1.29 bits per heavy atom. The molecule has 0 aromatic heterocycles. The Morgan fingerprint density at radius 2 is 2.07 bits per heavy atom. The molecule has 2 fully saturated rings. The lowest BCUT2D eigenvalue weighted by atomic mass is 10.1. The van der Waals surface area contributed by atoms with E-state index in [1.54, 1.807) is 0 Å². The van der Waals surface area contributed by atoms with Crippen molar-refractivity contribution >= 4 is 5.97 Å². The molecule has 2 aliphatic rings. The molecule has 1 aliphatic carbocycles. The van der Waals surface area contributed by atoms with E-state index < -0.39 is 0 Å². The molecule has 3 nitrogen and oxygen atoms in total. The average Bonchev–Trinajstić information content (AvgIpc) is 2.87. The molecule has 0 radical (unpaired) electrons. The van der Waals surface area contributed by atoms with Crippen molar-refractivity contribution in [3.05, 3.63) is 0 Å². The number of nitrogens with one attached hydrogen (secondary N) is 1. The van der Waals surface area contributed by atoms with E-state index in [9.17, 15) is 4.79 Å². The number of hydrogen-bond donors (Lipinski definition) is 1. The lowest BCUT2D eigenvalue weighted by Gasteiger charge is -2.12. The van der Waals surface area contributed by atoms with E-state index in [1.807, 2.05) is 0 Å². The maximum atomic E-state index is 11.6. The molecule has 0 aromatic rings. The van der Waals surface area contributed by atoms with Crippen LogP contribution in [-0.2, 0) is 9.53 Å². The van der Waals surface area contributed by atoms with Gasteiger partial charge in [0, 0.05) is 12.5 Å². The zero-order valence-electron chi connectivity index (χ0n) is 8.63. The van der Waals surface area contributed by atoms with Crippen LogP contribution >= 0.6 is 0 Å². The molecule has 3 heteroatoms. The zero-order valence-corrected chi connectivity index (χ0v) is 8.63. The molecule has 0 aromatic carbocycles. The number of hydrogen-bond acceptors (Lipinski definition) is 3. The van der Waals surface area contributed by atoms with E-state index in [0.717, 1.165) is 32.4 Å². The summed E-state index contributed by atoms with van der Waals surface area (Å²) in [4.78, 5) is 11.6. The smallest absolute Gasteiger partial charge is 0.308 e. The van der Waals surface area contributed by atoms with Crippen molar-refractivity contribution in [1.29, 1.82) is 0 Å². The minimum Gasteiger partial charge on any atom is -0.465 e. The molecule has 0 amide bonds. The maximum absolute atomic E-state index is 11.6. The molecule has 80 valence electrons. The quantitative estimate of drug-likeness (QED) is 0.694. The molecule has 1 saturated carbocycles. The number of esters is 1. The predicted octanol–water partition coefficient (Wildman–Crippen LogP) is 1.33. The standard InChI is InChI=1S/C11H19NO2/c13-11(10-3-1-2-4-10)14-8-9-5-6-12-7-9/h9-10,12H,1-8H2/t9-/m1/s1. The second-order valence-corrected chi connectivity index (χ2v) is 4.47. The van der Waals surface area contributed by atoms with Crippen molar-refractivity contribution < 1.29 is 9.53 Å². The van der Waals surface area contributed by atoms with Crippen molar-refractivity contribution in [3.8, 4) is 0 Å². The van der Waals surface area contributed by atoms with E-state index in [4.69, 9.17) is 4.74 Å². The SMILES string of the molecule is O=C(OC[C@@H]1CCNC1)C1CCCC1. The molecule has 14 heavy (non-hydrogen) atoms. The maximum Gasteiger partial charge on any atom is 0.308 e. The predicted molar refractivity (Wildman–Crippen MR) is 53.9 cm³/mol. The minimum absolute atomic E-state index is 0.0504. The number of carbonyl (C=O) groups excluding carboxylic acids is 1. The van der Waals surface area contributed by atoms with Crippen LogP contribution in [0.15, 0.2) is 0 Å². The average molecular weight is 197 g/mol. The fraction of sp³-hybridized carbons (Fsp3) is 0.909. The first-order chi connectivity index (χ1) is 6.86. The van der Waals surface area contributed by atoms with Gasteiger partial charge in [-0.05, 0) is 25.8 Å². The summed E-state index contributed by atoms with van der Waals surface area (Å²) >= 11 is 0. The molecule has 1 heterocycles. The molecule has 2 rings (SSSR count). The Balaban J connectivity index is 1.66. The van der Waals surface area contributed by atoms with Crippen molar-refractivity contribution in [2.24, 2.45) is 11.8 Å². The molecular weight excluding hydrogens is 178 g/mol. The van der Waals surface area contributed by atoms with E-state index in [1.165, 1.54) is 12.8 Å². The van der Waals surface area contributed by atoms with Gasteiger partial charge in [-0.25, -0.2) is 0 Å². The van der Waals surface area contributed by atoms with Crippen LogP contribution in [0.3, 0.4) is 0 Å². The van der Waals surface area contributed by atoms with Gasteiger partial charge >= 0.3 is 5.97 Å². The molecule has 0 unspecified atom stereocenters. The first-order valence-electron chi connectivity index (χ1n) is 5.73. The first kappa shape index (κ1) is 9.97. The van der Waals surface area contributed by atoms with E-state index in [2.05, 4.69) is 5.32 Å². The summed E-state index contributed by atoms with van der Waals surface area (Å²) in [6, 6.07) is 0. The summed E-state index contributed by atoms with van der Waals surface area (Å²) in [6.07, 6.45) is 5.64. The highest BCUT2D eigenvalue weighted by atomic mass is 16.5. The summed E-state index contributed by atoms with van der Waals surface area (Å²) < 4.78 is 5.33. The Hall–Kier alpha value is -0.570. The van der Waals surface area contributed by atoms with Gasteiger partial charge in [0.05, 0.1) is 12.5 Å². The molecular formula is C11H19NO2. The van der Waals surface area contributed by atoms with Crippen LogP contribution in [0.5, 0.6) is 0 Å². The minimum atomic E-state index is 0.0504. The lowest BCUT2D eigenvalue weighted by Crippen LogP contribution is -2.20. The van der Waals surface area contributed by atoms with Gasteiger partial charge in [0.25, 0.3) is 0 Å². The largest absolute Gasteiger partial charge is 0.465 e. The fourth-order valence-corrected chi connectivity index (χ4v) is 2.34. The molecule has 1 atom stereocenters. The second-order valence-electron chi connectivity index (χ2n) is 4.47. The van der Waals surface area contributed by atoms with Gasteiger partial charge in [-0.1, -0.05) is 12.8 Å². The highest BCUT2D eigenvalue weighted by molar-refractivity contribution is 5.72. The third-order valence-corrected chi connectivity index (χ3v) is 3.31. The Kier molecular flexibility index (Phi) is 3.40. The second kappa shape index (κ2) is 4.78. The fourth-order valence-electron chi connectivity index (χ4n) is 2.34. The first-order valence-corrected chi connectivity index (χ1v) is 5.73. The van der Waals surface area contributed by atoms with Crippen LogP contribution < -0.4 is 5.32 Å². The van der Waals surface area contributed by atoms with Crippen LogP contribution in [0.2, 0.25) is 0 Å². The topological polar surface area (TPSA) is 38.3 Å². The summed E-state index contributed by atoms with van der Waals surface area (Å²) in [5.74, 6) is 0.819. The van der Waals surface area contributed by atoms with E-state index in [0.29, 0.717) is 12.5 Å². The third-order valence-electron chi connectivity index (χ3n) is 3.31. The third kappa shape index (κ3) is 2.47. The zero-order chi connectivity index (χ0) is 9.80. The van der Waals surface area contributed by atoms with E-state index >= 15 is 0 Å². The summed E-state index contributed by atoms with van der Waals surface area (Å²) in [5.41, 5.74) is 0. The van der Waals surface area contributed by atoms with Crippen LogP contribution in [0, 0.1) is 11.8 Å². The number of carbonyl (C=O) groups is 1. The number of rotatable bonds is 3.